The second-order valence-electron chi connectivity index (χ2n) is 4.09. The smallest absolute Gasteiger partial charge is 0.162 e. The van der Waals surface area contributed by atoms with Gasteiger partial charge in [0.05, 0.1) is 3.79 Å². The lowest BCUT2D eigenvalue weighted by atomic mass is 10.0. The molecule has 1 aromatic heterocycles. The number of rotatable bonds is 4. The van der Waals surface area contributed by atoms with Gasteiger partial charge in [-0.05, 0) is 52.5 Å². The van der Waals surface area contributed by atoms with Crippen molar-refractivity contribution < 1.29 is 8.78 Å². The molecule has 1 unspecified atom stereocenters. The van der Waals surface area contributed by atoms with Crippen LogP contribution in [0.25, 0.3) is 0 Å². The normalized spacial score (nSPS) is 12.7. The fraction of sp³-hybridized carbons (Fsp3) is 0.231. The molecule has 1 atom stereocenters. The molecule has 1 nitrogen and oxygen atoms in total. The van der Waals surface area contributed by atoms with E-state index in [1.807, 2.05) is 12.1 Å². The molecular formula is C13H12BrF2NS. The Labute approximate surface area is 117 Å². The van der Waals surface area contributed by atoms with E-state index >= 15 is 0 Å². The van der Waals surface area contributed by atoms with Crippen LogP contribution in [-0.2, 0) is 12.8 Å². The molecule has 96 valence electrons. The molecule has 0 saturated heterocycles. The molecule has 0 aliphatic rings. The lowest BCUT2D eigenvalue weighted by molar-refractivity contribution is 0.493. The molecule has 2 aromatic rings. The Kier molecular flexibility index (Phi) is 4.48. The topological polar surface area (TPSA) is 26.0 Å². The molecule has 0 spiro atoms. The van der Waals surface area contributed by atoms with Crippen LogP contribution in [0.1, 0.15) is 10.4 Å². The van der Waals surface area contributed by atoms with Gasteiger partial charge in [-0.15, -0.1) is 11.3 Å². The molecule has 0 bridgehead atoms. The van der Waals surface area contributed by atoms with E-state index in [1.165, 1.54) is 6.07 Å². The maximum absolute atomic E-state index is 13.5. The van der Waals surface area contributed by atoms with Gasteiger partial charge in [0.1, 0.15) is 0 Å². The van der Waals surface area contributed by atoms with E-state index in [2.05, 4.69) is 15.9 Å². The van der Waals surface area contributed by atoms with Gasteiger partial charge >= 0.3 is 0 Å². The Bertz CT molecular complexity index is 542. The summed E-state index contributed by atoms with van der Waals surface area (Å²) in [4.78, 5) is 1.13. The summed E-state index contributed by atoms with van der Waals surface area (Å²) in [6, 6.07) is 7.91. The largest absolute Gasteiger partial charge is 0.327 e. The van der Waals surface area contributed by atoms with Crippen molar-refractivity contribution in [3.05, 3.63) is 56.2 Å². The Balaban J connectivity index is 2.03. The summed E-state index contributed by atoms with van der Waals surface area (Å²) in [6.45, 7) is 0. The number of thiophene rings is 1. The number of benzene rings is 1. The van der Waals surface area contributed by atoms with Gasteiger partial charge in [-0.25, -0.2) is 8.78 Å². The zero-order chi connectivity index (χ0) is 13.1. The number of hydrogen-bond acceptors (Lipinski definition) is 2. The standard InChI is InChI=1S/C13H12BrF2NS/c14-12-5-4-10(18-12)7-9(17)6-8-2-1-3-11(15)13(8)16/h1-5,9H,6-7,17H2. The molecule has 18 heavy (non-hydrogen) atoms. The predicted molar refractivity (Wildman–Crippen MR) is 73.8 cm³/mol. The summed E-state index contributed by atoms with van der Waals surface area (Å²) in [5.41, 5.74) is 6.30. The highest BCUT2D eigenvalue weighted by Crippen LogP contribution is 2.23. The van der Waals surface area contributed by atoms with E-state index in [0.29, 0.717) is 18.4 Å². The van der Waals surface area contributed by atoms with Gasteiger partial charge in [0, 0.05) is 10.9 Å². The van der Waals surface area contributed by atoms with Gasteiger partial charge < -0.3 is 5.73 Å². The quantitative estimate of drug-likeness (QED) is 0.903. The molecular weight excluding hydrogens is 320 g/mol. The Morgan fingerprint density at radius 2 is 1.94 bits per heavy atom. The van der Waals surface area contributed by atoms with Crippen LogP contribution in [0, 0.1) is 11.6 Å². The molecule has 0 aliphatic carbocycles. The van der Waals surface area contributed by atoms with Crippen molar-refractivity contribution in [2.75, 3.05) is 0 Å². The molecule has 0 fully saturated rings. The minimum absolute atomic E-state index is 0.216. The van der Waals surface area contributed by atoms with Crippen molar-refractivity contribution >= 4 is 27.3 Å². The minimum atomic E-state index is -0.821. The second-order valence-corrected chi connectivity index (χ2v) is 6.63. The molecule has 0 amide bonds. The van der Waals surface area contributed by atoms with Crippen LogP contribution < -0.4 is 5.73 Å². The van der Waals surface area contributed by atoms with E-state index in [4.69, 9.17) is 5.73 Å². The van der Waals surface area contributed by atoms with Crippen LogP contribution in [-0.4, -0.2) is 6.04 Å². The van der Waals surface area contributed by atoms with Gasteiger partial charge in [-0.1, -0.05) is 12.1 Å². The van der Waals surface area contributed by atoms with E-state index in [0.717, 1.165) is 14.7 Å². The number of halogens is 3. The van der Waals surface area contributed by atoms with Gasteiger partial charge in [-0.2, -0.15) is 0 Å². The predicted octanol–water partition coefficient (Wildman–Crippen LogP) is 3.90. The summed E-state index contributed by atoms with van der Waals surface area (Å²) in [6.07, 6.45) is 0.991. The maximum Gasteiger partial charge on any atom is 0.162 e. The van der Waals surface area contributed by atoms with Crippen molar-refractivity contribution in [3.63, 3.8) is 0 Å². The summed E-state index contributed by atoms with van der Waals surface area (Å²) in [5.74, 6) is -1.61. The Morgan fingerprint density at radius 3 is 2.61 bits per heavy atom. The van der Waals surface area contributed by atoms with Crippen molar-refractivity contribution in [2.45, 2.75) is 18.9 Å². The van der Waals surface area contributed by atoms with Crippen molar-refractivity contribution in [1.82, 2.24) is 0 Å². The lowest BCUT2D eigenvalue weighted by Gasteiger charge is -2.11. The maximum atomic E-state index is 13.5. The minimum Gasteiger partial charge on any atom is -0.327 e. The molecule has 0 saturated carbocycles. The van der Waals surface area contributed by atoms with Crippen molar-refractivity contribution in [2.24, 2.45) is 5.73 Å². The average molecular weight is 332 g/mol. The van der Waals surface area contributed by atoms with Crippen LogP contribution in [0.4, 0.5) is 8.78 Å². The van der Waals surface area contributed by atoms with Crippen LogP contribution in [0.2, 0.25) is 0 Å². The number of hydrogen-bond donors (Lipinski definition) is 1. The van der Waals surface area contributed by atoms with Crippen LogP contribution in [0.3, 0.4) is 0 Å². The Hall–Kier alpha value is -0.780. The zero-order valence-corrected chi connectivity index (χ0v) is 11.9. The fourth-order valence-corrected chi connectivity index (χ4v) is 3.36. The highest BCUT2D eigenvalue weighted by Gasteiger charge is 2.12. The third-order valence-electron chi connectivity index (χ3n) is 2.61. The summed E-state index contributed by atoms with van der Waals surface area (Å²) >= 11 is 4.98. The zero-order valence-electron chi connectivity index (χ0n) is 9.50. The van der Waals surface area contributed by atoms with Gasteiger partial charge in [0.2, 0.25) is 0 Å². The molecule has 5 heteroatoms. The lowest BCUT2D eigenvalue weighted by Crippen LogP contribution is -2.25. The fourth-order valence-electron chi connectivity index (χ4n) is 1.78. The summed E-state index contributed by atoms with van der Waals surface area (Å²) < 4.78 is 27.6. The highest BCUT2D eigenvalue weighted by molar-refractivity contribution is 9.11. The highest BCUT2D eigenvalue weighted by atomic mass is 79.9. The van der Waals surface area contributed by atoms with Gasteiger partial charge in [0.15, 0.2) is 11.6 Å². The molecule has 2 rings (SSSR count). The van der Waals surface area contributed by atoms with E-state index in [9.17, 15) is 8.78 Å². The third kappa shape index (κ3) is 3.37. The van der Waals surface area contributed by atoms with Crippen molar-refractivity contribution in [1.29, 1.82) is 0 Å². The molecule has 0 aliphatic heterocycles. The van der Waals surface area contributed by atoms with E-state index in [-0.39, 0.29) is 6.04 Å². The first-order valence-corrected chi connectivity index (χ1v) is 7.10. The monoisotopic (exact) mass is 331 g/mol. The van der Waals surface area contributed by atoms with E-state index in [1.54, 1.807) is 17.4 Å². The first kappa shape index (κ1) is 13.6. The first-order valence-electron chi connectivity index (χ1n) is 5.49. The van der Waals surface area contributed by atoms with Crippen LogP contribution in [0.5, 0.6) is 0 Å². The number of nitrogens with two attached hydrogens (primary N) is 1. The third-order valence-corrected chi connectivity index (χ3v) is 4.25. The molecule has 2 N–H and O–H groups in total. The van der Waals surface area contributed by atoms with E-state index < -0.39 is 11.6 Å². The average Bonchev–Trinajstić information content (AvgIpc) is 2.70. The summed E-state index contributed by atoms with van der Waals surface area (Å²) in [5, 5.41) is 0. The van der Waals surface area contributed by atoms with Gasteiger partial charge in [0.25, 0.3) is 0 Å². The molecule has 1 heterocycles. The second kappa shape index (κ2) is 5.91. The van der Waals surface area contributed by atoms with Crippen LogP contribution in [0.15, 0.2) is 34.1 Å². The molecule has 1 aromatic carbocycles. The Morgan fingerprint density at radius 1 is 1.17 bits per heavy atom. The summed E-state index contributed by atoms with van der Waals surface area (Å²) in [7, 11) is 0. The van der Waals surface area contributed by atoms with Crippen molar-refractivity contribution in [3.8, 4) is 0 Å². The van der Waals surface area contributed by atoms with Gasteiger partial charge in [-0.3, -0.25) is 0 Å². The first-order chi connectivity index (χ1) is 8.56. The van der Waals surface area contributed by atoms with Crippen LogP contribution >= 0.6 is 27.3 Å². The molecule has 0 radical (unpaired) electrons. The SMILES string of the molecule is NC(Cc1ccc(Br)s1)Cc1cccc(F)c1F.